The fourth-order valence-corrected chi connectivity index (χ4v) is 4.80. The lowest BCUT2D eigenvalue weighted by Gasteiger charge is -2.21. The molecule has 0 saturated carbocycles. The van der Waals surface area contributed by atoms with Crippen LogP contribution in [0.1, 0.15) is 33.3 Å². The van der Waals surface area contributed by atoms with E-state index in [9.17, 15) is 13.2 Å². The zero-order valence-corrected chi connectivity index (χ0v) is 18.3. The molecule has 0 saturated heterocycles. The summed E-state index contributed by atoms with van der Waals surface area (Å²) in [6.45, 7) is 0. The van der Waals surface area contributed by atoms with Crippen molar-refractivity contribution in [3.05, 3.63) is 87.1 Å². The molecule has 2 aromatic carbocycles. The monoisotopic (exact) mass is 459 g/mol. The van der Waals surface area contributed by atoms with Gasteiger partial charge in [0.15, 0.2) is 0 Å². The van der Waals surface area contributed by atoms with Crippen molar-refractivity contribution < 1.29 is 13.2 Å². The Morgan fingerprint density at radius 3 is 2.67 bits per heavy atom. The average Bonchev–Trinajstić information content (AvgIpc) is 3.37. The van der Waals surface area contributed by atoms with Gasteiger partial charge in [-0.15, -0.1) is 11.3 Å². The first-order valence-electron chi connectivity index (χ1n) is 9.09. The standard InChI is InChI=1S/C21H18ClN3O3S2/c1-30(27,28)24-17-9-3-2-8-16(17)18-13-19(14-6-4-7-15(22)12-14)25(23-18)21(26)20-10-5-11-29-20/h2-12,19,24H,13H2,1H3/t19-/m1/s1. The molecule has 0 unspecified atom stereocenters. The predicted molar refractivity (Wildman–Crippen MR) is 121 cm³/mol. The molecule has 2 heterocycles. The minimum absolute atomic E-state index is 0.210. The van der Waals surface area contributed by atoms with Crippen LogP contribution in [-0.4, -0.2) is 31.3 Å². The van der Waals surface area contributed by atoms with E-state index >= 15 is 0 Å². The molecule has 1 N–H and O–H groups in total. The smallest absolute Gasteiger partial charge is 0.283 e. The van der Waals surface area contributed by atoms with Crippen LogP contribution >= 0.6 is 22.9 Å². The Morgan fingerprint density at radius 2 is 1.97 bits per heavy atom. The molecule has 4 rings (SSSR count). The van der Waals surface area contributed by atoms with Gasteiger partial charge in [-0.25, -0.2) is 13.4 Å². The van der Waals surface area contributed by atoms with E-state index < -0.39 is 10.0 Å². The van der Waals surface area contributed by atoms with E-state index in [1.165, 1.54) is 16.3 Å². The van der Waals surface area contributed by atoms with E-state index in [4.69, 9.17) is 11.6 Å². The van der Waals surface area contributed by atoms with Crippen molar-refractivity contribution >= 4 is 50.3 Å². The van der Waals surface area contributed by atoms with E-state index in [-0.39, 0.29) is 11.9 Å². The summed E-state index contributed by atoms with van der Waals surface area (Å²) in [5.41, 5.74) is 2.54. The molecule has 0 bridgehead atoms. The largest absolute Gasteiger partial charge is 0.284 e. The quantitative estimate of drug-likeness (QED) is 0.597. The van der Waals surface area contributed by atoms with Crippen LogP contribution in [0.5, 0.6) is 0 Å². The highest BCUT2D eigenvalue weighted by Gasteiger charge is 2.35. The number of benzene rings is 2. The lowest BCUT2D eigenvalue weighted by Crippen LogP contribution is -2.26. The van der Waals surface area contributed by atoms with Crippen molar-refractivity contribution in [1.82, 2.24) is 5.01 Å². The summed E-state index contributed by atoms with van der Waals surface area (Å²) in [6, 6.07) is 17.6. The molecule has 1 aliphatic rings. The van der Waals surface area contributed by atoms with Crippen molar-refractivity contribution in [2.24, 2.45) is 5.10 Å². The number of rotatable bonds is 5. The fraction of sp³-hybridized carbons (Fsp3) is 0.143. The fourth-order valence-electron chi connectivity index (χ4n) is 3.37. The van der Waals surface area contributed by atoms with E-state index in [2.05, 4.69) is 9.82 Å². The highest BCUT2D eigenvalue weighted by Crippen LogP contribution is 2.36. The number of para-hydroxylation sites is 1. The first-order valence-corrected chi connectivity index (χ1v) is 12.2. The zero-order valence-electron chi connectivity index (χ0n) is 15.9. The van der Waals surface area contributed by atoms with Gasteiger partial charge in [-0.05, 0) is 35.2 Å². The summed E-state index contributed by atoms with van der Waals surface area (Å²) < 4.78 is 26.1. The average molecular weight is 460 g/mol. The van der Waals surface area contributed by atoms with E-state index in [1.807, 2.05) is 35.7 Å². The predicted octanol–water partition coefficient (Wildman–Crippen LogP) is 4.76. The number of carbonyl (C=O) groups is 1. The number of sulfonamides is 1. The van der Waals surface area contributed by atoms with Crippen molar-refractivity contribution in [2.45, 2.75) is 12.5 Å². The molecular weight excluding hydrogens is 442 g/mol. The van der Waals surface area contributed by atoms with Crippen molar-refractivity contribution in [3.63, 3.8) is 0 Å². The van der Waals surface area contributed by atoms with Gasteiger partial charge in [0, 0.05) is 17.0 Å². The first-order chi connectivity index (χ1) is 14.3. The zero-order chi connectivity index (χ0) is 21.3. The summed E-state index contributed by atoms with van der Waals surface area (Å²) >= 11 is 7.53. The van der Waals surface area contributed by atoms with Crippen LogP contribution in [0.25, 0.3) is 0 Å². The Labute approximate surface area is 183 Å². The van der Waals surface area contributed by atoms with Gasteiger partial charge >= 0.3 is 0 Å². The van der Waals surface area contributed by atoms with E-state index in [0.717, 1.165) is 11.8 Å². The molecule has 1 aromatic heterocycles. The van der Waals surface area contributed by atoms with Crippen molar-refractivity contribution in [1.29, 1.82) is 0 Å². The molecule has 30 heavy (non-hydrogen) atoms. The molecule has 154 valence electrons. The molecular formula is C21H18ClN3O3S2. The second-order valence-electron chi connectivity index (χ2n) is 6.87. The highest BCUT2D eigenvalue weighted by molar-refractivity contribution is 7.92. The molecule has 3 aromatic rings. The molecule has 0 radical (unpaired) electrons. The number of anilines is 1. The Bertz CT molecular complexity index is 1220. The number of thiophene rings is 1. The number of nitrogens with zero attached hydrogens (tertiary/aromatic N) is 2. The first kappa shape index (κ1) is 20.6. The van der Waals surface area contributed by atoms with Crippen molar-refractivity contribution in [3.8, 4) is 0 Å². The third-order valence-electron chi connectivity index (χ3n) is 4.62. The van der Waals surface area contributed by atoms with Crippen LogP contribution in [0.4, 0.5) is 5.69 Å². The van der Waals surface area contributed by atoms with Gasteiger partial charge in [-0.3, -0.25) is 9.52 Å². The summed E-state index contributed by atoms with van der Waals surface area (Å²) in [5, 5.41) is 8.50. The second-order valence-corrected chi connectivity index (χ2v) is 10.0. The van der Waals surface area contributed by atoms with Gasteiger partial charge in [0.1, 0.15) is 0 Å². The van der Waals surface area contributed by atoms with Crippen LogP contribution in [0.3, 0.4) is 0 Å². The summed E-state index contributed by atoms with van der Waals surface area (Å²) in [6.07, 6.45) is 1.53. The van der Waals surface area contributed by atoms with Crippen LogP contribution in [-0.2, 0) is 10.0 Å². The highest BCUT2D eigenvalue weighted by atomic mass is 35.5. The van der Waals surface area contributed by atoms with Crippen LogP contribution in [0.2, 0.25) is 5.02 Å². The van der Waals surface area contributed by atoms with Gasteiger partial charge in [0.25, 0.3) is 5.91 Å². The lowest BCUT2D eigenvalue weighted by atomic mass is 9.97. The van der Waals surface area contributed by atoms with Crippen LogP contribution in [0, 0.1) is 0 Å². The molecule has 1 atom stereocenters. The topological polar surface area (TPSA) is 78.8 Å². The van der Waals surface area contributed by atoms with Crippen molar-refractivity contribution in [2.75, 3.05) is 11.0 Å². The molecule has 1 amide bonds. The second kappa shape index (κ2) is 8.22. The van der Waals surface area contributed by atoms with Crippen LogP contribution < -0.4 is 4.72 Å². The summed E-state index contributed by atoms with van der Waals surface area (Å²) in [7, 11) is -3.47. The van der Waals surface area contributed by atoms with Gasteiger partial charge in [-0.1, -0.05) is 48.0 Å². The molecule has 0 spiro atoms. The number of hydrogen-bond acceptors (Lipinski definition) is 5. The van der Waals surface area contributed by atoms with E-state index in [0.29, 0.717) is 33.3 Å². The van der Waals surface area contributed by atoms with E-state index in [1.54, 1.807) is 30.3 Å². The SMILES string of the molecule is CS(=O)(=O)Nc1ccccc1C1=NN(C(=O)c2cccs2)[C@@H](c2cccc(Cl)c2)C1. The Balaban J connectivity index is 1.77. The van der Waals surface area contributed by atoms with Gasteiger partial charge in [0.05, 0.1) is 28.6 Å². The minimum Gasteiger partial charge on any atom is -0.283 e. The number of nitrogens with one attached hydrogen (secondary N) is 1. The maximum atomic E-state index is 13.2. The number of hydrazone groups is 1. The van der Waals surface area contributed by atoms with Gasteiger partial charge in [-0.2, -0.15) is 5.10 Å². The summed E-state index contributed by atoms with van der Waals surface area (Å²) in [5.74, 6) is -0.210. The maximum absolute atomic E-state index is 13.2. The lowest BCUT2D eigenvalue weighted by molar-refractivity contribution is 0.0716. The Morgan fingerprint density at radius 1 is 1.17 bits per heavy atom. The third-order valence-corrected chi connectivity index (χ3v) is 6.30. The Hall–Kier alpha value is -2.68. The van der Waals surface area contributed by atoms with Gasteiger partial charge < -0.3 is 0 Å². The van der Waals surface area contributed by atoms with Crippen LogP contribution in [0.15, 0.2) is 71.1 Å². The normalized spacial score (nSPS) is 16.4. The number of hydrogen-bond donors (Lipinski definition) is 1. The maximum Gasteiger partial charge on any atom is 0.284 e. The molecule has 1 aliphatic heterocycles. The molecule has 0 fully saturated rings. The van der Waals surface area contributed by atoms with Gasteiger partial charge in [0.2, 0.25) is 10.0 Å². The number of halogens is 1. The number of carbonyl (C=O) groups excluding carboxylic acids is 1. The summed E-state index contributed by atoms with van der Waals surface area (Å²) in [4.78, 5) is 13.7. The molecule has 9 heteroatoms. The third kappa shape index (κ3) is 4.40. The molecule has 0 aliphatic carbocycles. The Kier molecular flexibility index (Phi) is 5.64. The minimum atomic E-state index is -3.47. The number of amides is 1. The molecule has 6 nitrogen and oxygen atoms in total.